The summed E-state index contributed by atoms with van der Waals surface area (Å²) in [5, 5.41) is 13.2. The maximum absolute atomic E-state index is 12.9. The van der Waals surface area contributed by atoms with E-state index in [4.69, 9.17) is 0 Å². The maximum Gasteiger partial charge on any atom is 0.226 e. The van der Waals surface area contributed by atoms with Crippen molar-refractivity contribution in [2.45, 2.75) is 97.3 Å². The highest BCUT2D eigenvalue weighted by atomic mass is 16.2. The van der Waals surface area contributed by atoms with Gasteiger partial charge in [0.05, 0.1) is 12.1 Å². The standard InChI is InChI=1S/C44H52N6O4/c1-6-43(53)49-29(4)26-37(35-12-8-10-14-39(35)49)45-31-16-20-33(21-17-31)47-41(51)24-28(3)25-42(52)48-34-22-18-32(19-23-34)46-38-27-30(5)50(44(54)7-2)40-15-11-9-13-36(38)40/h8-23,28-30,37-38,45-46H,6-7,24-27H2,1-5H3,(H,47,51)(H,48,52)/t29-,30-,37+,38+/m0/s1. The Morgan fingerprint density at radius 3 is 1.30 bits per heavy atom. The van der Waals surface area contributed by atoms with Gasteiger partial charge < -0.3 is 31.1 Å². The summed E-state index contributed by atoms with van der Waals surface area (Å²) in [5.74, 6) is -0.211. The van der Waals surface area contributed by atoms with Crippen LogP contribution < -0.4 is 31.1 Å². The van der Waals surface area contributed by atoms with Crippen LogP contribution in [0.25, 0.3) is 0 Å². The van der Waals surface area contributed by atoms with Crippen molar-refractivity contribution in [2.75, 3.05) is 31.1 Å². The number of carbonyl (C=O) groups is 4. The highest BCUT2D eigenvalue weighted by Gasteiger charge is 2.34. The Kier molecular flexibility index (Phi) is 12.0. The largest absolute Gasteiger partial charge is 0.378 e. The molecule has 4 aromatic carbocycles. The van der Waals surface area contributed by atoms with Crippen molar-refractivity contribution in [3.63, 3.8) is 0 Å². The summed E-state index contributed by atoms with van der Waals surface area (Å²) >= 11 is 0. The van der Waals surface area contributed by atoms with Gasteiger partial charge in [-0.2, -0.15) is 0 Å². The summed E-state index contributed by atoms with van der Waals surface area (Å²) in [7, 11) is 0. The van der Waals surface area contributed by atoms with Crippen molar-refractivity contribution in [3.05, 3.63) is 108 Å². The van der Waals surface area contributed by atoms with Crippen LogP contribution in [0.5, 0.6) is 0 Å². The number of nitrogens with zero attached hydrogens (tertiary/aromatic N) is 2. The third kappa shape index (κ3) is 8.76. The Labute approximate surface area is 318 Å². The van der Waals surface area contributed by atoms with Gasteiger partial charge in [0.2, 0.25) is 23.6 Å². The molecule has 2 aliphatic heterocycles. The van der Waals surface area contributed by atoms with Crippen molar-refractivity contribution in [2.24, 2.45) is 5.92 Å². The third-order valence-electron chi connectivity index (χ3n) is 10.4. The van der Waals surface area contributed by atoms with Crippen molar-refractivity contribution in [1.29, 1.82) is 0 Å². The second kappa shape index (κ2) is 17.0. The van der Waals surface area contributed by atoms with Crippen LogP contribution in [-0.2, 0) is 19.2 Å². The van der Waals surface area contributed by atoms with E-state index < -0.39 is 0 Å². The molecule has 0 aromatic heterocycles. The molecule has 0 radical (unpaired) electrons. The van der Waals surface area contributed by atoms with Gasteiger partial charge in [-0.25, -0.2) is 0 Å². The molecule has 54 heavy (non-hydrogen) atoms. The number of hydrogen-bond donors (Lipinski definition) is 4. The van der Waals surface area contributed by atoms with Crippen LogP contribution in [0, 0.1) is 5.92 Å². The van der Waals surface area contributed by atoms with Crippen molar-refractivity contribution in [1.82, 2.24) is 0 Å². The van der Waals surface area contributed by atoms with E-state index in [0.717, 1.165) is 46.7 Å². The molecule has 2 heterocycles. The number of nitrogens with one attached hydrogen (secondary N) is 4. The Hall–Kier alpha value is -5.64. The summed E-state index contributed by atoms with van der Waals surface area (Å²) in [4.78, 5) is 55.0. The summed E-state index contributed by atoms with van der Waals surface area (Å²) in [6.07, 6.45) is 2.92. The summed E-state index contributed by atoms with van der Waals surface area (Å²) < 4.78 is 0. The molecule has 10 nitrogen and oxygen atoms in total. The fourth-order valence-electron chi connectivity index (χ4n) is 7.83. The lowest BCUT2D eigenvalue weighted by molar-refractivity contribution is -0.120. The zero-order chi connectivity index (χ0) is 38.4. The van der Waals surface area contributed by atoms with Gasteiger partial charge in [0, 0.05) is 71.9 Å². The van der Waals surface area contributed by atoms with Gasteiger partial charge in [-0.1, -0.05) is 57.2 Å². The molecule has 0 fully saturated rings. The number of carbonyl (C=O) groups excluding carboxylic acids is 4. The molecule has 6 rings (SSSR count). The molecule has 0 saturated carbocycles. The fourth-order valence-corrected chi connectivity index (χ4v) is 7.83. The van der Waals surface area contributed by atoms with Gasteiger partial charge in [-0.05, 0) is 104 Å². The number of amides is 4. The first kappa shape index (κ1) is 38.1. The van der Waals surface area contributed by atoms with E-state index in [1.807, 2.05) is 116 Å². The Balaban J connectivity index is 0.966. The molecule has 4 amide bonds. The van der Waals surface area contributed by atoms with Crippen LogP contribution >= 0.6 is 0 Å². The average Bonchev–Trinajstić information content (AvgIpc) is 3.15. The van der Waals surface area contributed by atoms with Crippen LogP contribution in [0.4, 0.5) is 34.1 Å². The lowest BCUT2D eigenvalue weighted by Gasteiger charge is -2.40. The predicted molar refractivity (Wildman–Crippen MR) is 218 cm³/mol. The van der Waals surface area contributed by atoms with Gasteiger partial charge >= 0.3 is 0 Å². The van der Waals surface area contributed by atoms with E-state index in [0.29, 0.717) is 24.2 Å². The van der Waals surface area contributed by atoms with Gasteiger partial charge in [-0.3, -0.25) is 19.2 Å². The van der Waals surface area contributed by atoms with Crippen LogP contribution in [0.3, 0.4) is 0 Å². The average molecular weight is 729 g/mol. The zero-order valence-electron chi connectivity index (χ0n) is 31.9. The van der Waals surface area contributed by atoms with E-state index >= 15 is 0 Å². The van der Waals surface area contributed by atoms with Crippen LogP contribution in [0.15, 0.2) is 97.1 Å². The van der Waals surface area contributed by atoms with Crippen molar-refractivity contribution in [3.8, 4) is 0 Å². The van der Waals surface area contributed by atoms with Crippen LogP contribution in [-0.4, -0.2) is 35.7 Å². The molecule has 282 valence electrons. The van der Waals surface area contributed by atoms with Crippen molar-refractivity contribution >= 4 is 57.8 Å². The highest BCUT2D eigenvalue weighted by Crippen LogP contribution is 2.40. The second-order valence-corrected chi connectivity index (χ2v) is 14.7. The first-order valence-corrected chi connectivity index (χ1v) is 19.2. The summed E-state index contributed by atoms with van der Waals surface area (Å²) in [6.45, 7) is 9.86. The van der Waals surface area contributed by atoms with Gasteiger partial charge in [0.1, 0.15) is 0 Å². The lowest BCUT2D eigenvalue weighted by Crippen LogP contribution is -2.44. The molecule has 0 spiro atoms. The summed E-state index contributed by atoms with van der Waals surface area (Å²) in [6, 6.07) is 31.6. The smallest absolute Gasteiger partial charge is 0.226 e. The molecule has 4 aromatic rings. The van der Waals surface area contributed by atoms with E-state index in [2.05, 4.69) is 47.2 Å². The zero-order valence-corrected chi connectivity index (χ0v) is 31.9. The Morgan fingerprint density at radius 1 is 0.574 bits per heavy atom. The topological polar surface area (TPSA) is 123 Å². The lowest BCUT2D eigenvalue weighted by atomic mass is 9.91. The minimum absolute atomic E-state index is 0.0499. The molecule has 0 unspecified atom stereocenters. The number of rotatable bonds is 12. The van der Waals surface area contributed by atoms with Crippen LogP contribution in [0.1, 0.15) is 96.4 Å². The van der Waals surface area contributed by atoms with E-state index in [9.17, 15) is 19.2 Å². The molecule has 0 saturated heterocycles. The minimum Gasteiger partial charge on any atom is -0.378 e. The molecule has 0 bridgehead atoms. The normalized spacial score (nSPS) is 19.0. The maximum atomic E-state index is 12.9. The van der Waals surface area contributed by atoms with E-state index in [1.165, 1.54) is 0 Å². The molecular formula is C44H52N6O4. The minimum atomic E-state index is -0.160. The third-order valence-corrected chi connectivity index (χ3v) is 10.4. The Morgan fingerprint density at radius 2 is 0.926 bits per heavy atom. The van der Waals surface area contributed by atoms with Crippen LogP contribution in [0.2, 0.25) is 0 Å². The second-order valence-electron chi connectivity index (χ2n) is 14.7. The SMILES string of the molecule is CCC(=O)N1c2ccccc2[C@H](Nc2ccc(NC(=O)CC(C)CC(=O)Nc3ccc(N[C@@H]4C[C@H](C)N(C(=O)CC)c5ccccc54)cc3)cc2)C[C@@H]1C. The highest BCUT2D eigenvalue weighted by molar-refractivity contribution is 5.96. The molecule has 4 N–H and O–H groups in total. The molecule has 10 heteroatoms. The van der Waals surface area contributed by atoms with E-state index in [-0.39, 0.29) is 66.6 Å². The number of anilines is 6. The number of hydrogen-bond acceptors (Lipinski definition) is 6. The first-order valence-electron chi connectivity index (χ1n) is 19.2. The van der Waals surface area contributed by atoms with Gasteiger partial charge in [0.15, 0.2) is 0 Å². The number of fused-ring (bicyclic) bond motifs is 2. The number of benzene rings is 4. The summed E-state index contributed by atoms with van der Waals surface area (Å²) in [5.41, 5.74) is 7.32. The van der Waals surface area contributed by atoms with Gasteiger partial charge in [-0.15, -0.1) is 0 Å². The quantitative estimate of drug-likeness (QED) is 0.116. The fraction of sp³-hybridized carbons (Fsp3) is 0.364. The predicted octanol–water partition coefficient (Wildman–Crippen LogP) is 9.06. The van der Waals surface area contributed by atoms with Gasteiger partial charge in [0.25, 0.3) is 0 Å². The van der Waals surface area contributed by atoms with Crippen molar-refractivity contribution < 1.29 is 19.2 Å². The molecular weight excluding hydrogens is 677 g/mol. The Bertz CT molecular complexity index is 1820. The molecule has 0 aliphatic carbocycles. The van der Waals surface area contributed by atoms with E-state index in [1.54, 1.807) is 0 Å². The first-order chi connectivity index (χ1) is 26.0. The number of para-hydroxylation sites is 2. The monoisotopic (exact) mass is 728 g/mol. The molecule has 2 aliphatic rings. The molecule has 4 atom stereocenters.